The van der Waals surface area contributed by atoms with Crippen molar-refractivity contribution >= 4 is 0 Å². The smallest absolute Gasteiger partial charge is 0.157 e. The molecular weight excluding hydrogens is 131 g/mol. The fourth-order valence-corrected chi connectivity index (χ4v) is 0.865. The average Bonchev–Trinajstić information content (AvgIpc) is 2.38. The van der Waals surface area contributed by atoms with E-state index < -0.39 is 6.17 Å². The van der Waals surface area contributed by atoms with Crippen LogP contribution >= 0.6 is 0 Å². The number of halogens is 1. The molecule has 0 aliphatic rings. The van der Waals surface area contributed by atoms with Crippen LogP contribution in [0.15, 0.2) is 22.8 Å². The van der Waals surface area contributed by atoms with Gasteiger partial charge < -0.3 is 4.42 Å². The first kappa shape index (κ1) is 7.32. The van der Waals surface area contributed by atoms with E-state index >= 15 is 0 Å². The molecule has 1 rings (SSSR count). The molecule has 56 valence electrons. The molecule has 1 unspecified atom stereocenters. The van der Waals surface area contributed by atoms with E-state index in [1.165, 1.54) is 6.26 Å². The molecule has 0 radical (unpaired) electrons. The van der Waals surface area contributed by atoms with Gasteiger partial charge in [0.15, 0.2) is 6.17 Å². The topological polar surface area (TPSA) is 13.1 Å². The summed E-state index contributed by atoms with van der Waals surface area (Å²) in [7, 11) is 0. The zero-order valence-electron chi connectivity index (χ0n) is 6.01. The molecule has 0 fully saturated rings. The van der Waals surface area contributed by atoms with Crippen LogP contribution in [0.3, 0.4) is 0 Å². The van der Waals surface area contributed by atoms with Gasteiger partial charge >= 0.3 is 0 Å². The van der Waals surface area contributed by atoms with Gasteiger partial charge in [0.2, 0.25) is 0 Å². The summed E-state index contributed by atoms with van der Waals surface area (Å²) in [5.74, 6) is 0.446. The van der Waals surface area contributed by atoms with Gasteiger partial charge in [0.05, 0.1) is 6.26 Å². The summed E-state index contributed by atoms with van der Waals surface area (Å²) in [5.41, 5.74) is 0. The normalized spacial score (nSPS) is 13.4. The molecule has 0 spiro atoms. The Labute approximate surface area is 59.9 Å². The molecular formula is C8H11FO. The fraction of sp³-hybridized carbons (Fsp3) is 0.500. The second-order valence-corrected chi connectivity index (χ2v) is 2.27. The molecule has 0 aliphatic heterocycles. The van der Waals surface area contributed by atoms with Gasteiger partial charge in [0, 0.05) is 0 Å². The van der Waals surface area contributed by atoms with Crippen LogP contribution in [-0.4, -0.2) is 0 Å². The summed E-state index contributed by atoms with van der Waals surface area (Å²) in [6, 6.07) is 3.37. The number of hydrogen-bond acceptors (Lipinski definition) is 1. The molecule has 1 heterocycles. The zero-order chi connectivity index (χ0) is 7.40. The molecule has 1 aromatic rings. The largest absolute Gasteiger partial charge is 0.466 e. The zero-order valence-corrected chi connectivity index (χ0v) is 6.01. The molecule has 0 amide bonds. The Morgan fingerprint density at radius 3 is 3.00 bits per heavy atom. The van der Waals surface area contributed by atoms with Gasteiger partial charge in [-0.1, -0.05) is 13.3 Å². The average molecular weight is 142 g/mol. The molecule has 0 aliphatic carbocycles. The Balaban J connectivity index is 2.50. The van der Waals surface area contributed by atoms with E-state index in [2.05, 4.69) is 0 Å². The minimum absolute atomic E-state index is 0.446. The summed E-state index contributed by atoms with van der Waals surface area (Å²) in [5, 5.41) is 0. The Bertz CT molecular complexity index is 169. The van der Waals surface area contributed by atoms with Crippen LogP contribution in [0.4, 0.5) is 4.39 Å². The van der Waals surface area contributed by atoms with Crippen molar-refractivity contribution in [1.29, 1.82) is 0 Å². The highest BCUT2D eigenvalue weighted by Crippen LogP contribution is 2.22. The lowest BCUT2D eigenvalue weighted by Crippen LogP contribution is -1.86. The Morgan fingerprint density at radius 2 is 2.50 bits per heavy atom. The third-order valence-electron chi connectivity index (χ3n) is 1.39. The summed E-state index contributed by atoms with van der Waals surface area (Å²) >= 11 is 0. The van der Waals surface area contributed by atoms with E-state index in [0.29, 0.717) is 12.2 Å². The molecule has 2 heteroatoms. The fourth-order valence-electron chi connectivity index (χ4n) is 0.865. The number of hydrogen-bond donors (Lipinski definition) is 0. The van der Waals surface area contributed by atoms with Crippen molar-refractivity contribution in [3.63, 3.8) is 0 Å². The van der Waals surface area contributed by atoms with Crippen molar-refractivity contribution in [1.82, 2.24) is 0 Å². The van der Waals surface area contributed by atoms with E-state index in [9.17, 15) is 4.39 Å². The molecule has 1 aromatic heterocycles. The van der Waals surface area contributed by atoms with Gasteiger partial charge in [-0.2, -0.15) is 0 Å². The van der Waals surface area contributed by atoms with Crippen LogP contribution in [0, 0.1) is 0 Å². The van der Waals surface area contributed by atoms with Gasteiger partial charge in [-0.15, -0.1) is 0 Å². The lowest BCUT2D eigenvalue weighted by Gasteiger charge is -2.00. The SMILES string of the molecule is CCCC(F)c1ccco1. The first-order valence-electron chi connectivity index (χ1n) is 3.52. The molecule has 1 nitrogen and oxygen atoms in total. The van der Waals surface area contributed by atoms with Crippen molar-refractivity contribution in [2.24, 2.45) is 0 Å². The van der Waals surface area contributed by atoms with Gasteiger partial charge in [0.25, 0.3) is 0 Å². The summed E-state index contributed by atoms with van der Waals surface area (Å²) in [6.07, 6.45) is 1.98. The third kappa shape index (κ3) is 1.59. The molecule has 0 saturated heterocycles. The second kappa shape index (κ2) is 3.40. The van der Waals surface area contributed by atoms with Gasteiger partial charge in [-0.05, 0) is 18.6 Å². The second-order valence-electron chi connectivity index (χ2n) is 2.27. The van der Waals surface area contributed by atoms with Crippen LogP contribution < -0.4 is 0 Å². The first-order valence-corrected chi connectivity index (χ1v) is 3.52. The predicted molar refractivity (Wildman–Crippen MR) is 37.5 cm³/mol. The Hall–Kier alpha value is -0.790. The molecule has 0 N–H and O–H groups in total. The van der Waals surface area contributed by atoms with Gasteiger partial charge in [-0.25, -0.2) is 4.39 Å². The Kier molecular flexibility index (Phi) is 2.49. The van der Waals surface area contributed by atoms with Gasteiger partial charge in [-0.3, -0.25) is 0 Å². The number of furan rings is 1. The summed E-state index contributed by atoms with van der Waals surface area (Å²) in [4.78, 5) is 0. The first-order chi connectivity index (χ1) is 4.84. The maximum atomic E-state index is 12.9. The molecule has 0 saturated carbocycles. The molecule has 10 heavy (non-hydrogen) atoms. The van der Waals surface area contributed by atoms with Crippen molar-refractivity contribution in [2.45, 2.75) is 25.9 Å². The van der Waals surface area contributed by atoms with Crippen LogP contribution in [0.25, 0.3) is 0 Å². The van der Waals surface area contributed by atoms with E-state index in [4.69, 9.17) is 4.42 Å². The monoisotopic (exact) mass is 142 g/mol. The minimum atomic E-state index is -0.917. The van der Waals surface area contributed by atoms with Crippen molar-refractivity contribution in [3.05, 3.63) is 24.2 Å². The van der Waals surface area contributed by atoms with E-state index in [-0.39, 0.29) is 0 Å². The quantitative estimate of drug-likeness (QED) is 0.632. The highest BCUT2D eigenvalue weighted by atomic mass is 19.1. The lowest BCUT2D eigenvalue weighted by atomic mass is 10.2. The van der Waals surface area contributed by atoms with E-state index in [1.54, 1.807) is 12.1 Å². The van der Waals surface area contributed by atoms with Crippen molar-refractivity contribution < 1.29 is 8.81 Å². The predicted octanol–water partition coefficient (Wildman–Crippen LogP) is 3.09. The number of alkyl halides is 1. The van der Waals surface area contributed by atoms with Crippen LogP contribution in [0.2, 0.25) is 0 Å². The van der Waals surface area contributed by atoms with Gasteiger partial charge in [0.1, 0.15) is 5.76 Å². The lowest BCUT2D eigenvalue weighted by molar-refractivity contribution is 0.269. The summed E-state index contributed by atoms with van der Waals surface area (Å²) in [6.45, 7) is 1.95. The highest BCUT2D eigenvalue weighted by molar-refractivity contribution is 5.01. The van der Waals surface area contributed by atoms with Crippen molar-refractivity contribution in [3.8, 4) is 0 Å². The standard InChI is InChI=1S/C8H11FO/c1-2-4-7(9)8-5-3-6-10-8/h3,5-7H,2,4H2,1H3. The maximum Gasteiger partial charge on any atom is 0.157 e. The molecule has 0 bridgehead atoms. The summed E-state index contributed by atoms with van der Waals surface area (Å²) < 4.78 is 17.7. The van der Waals surface area contributed by atoms with E-state index in [1.807, 2.05) is 6.92 Å². The van der Waals surface area contributed by atoms with Crippen LogP contribution in [0.1, 0.15) is 31.7 Å². The highest BCUT2D eigenvalue weighted by Gasteiger charge is 2.09. The van der Waals surface area contributed by atoms with E-state index in [0.717, 1.165) is 6.42 Å². The number of rotatable bonds is 3. The minimum Gasteiger partial charge on any atom is -0.466 e. The van der Waals surface area contributed by atoms with Crippen LogP contribution in [-0.2, 0) is 0 Å². The third-order valence-corrected chi connectivity index (χ3v) is 1.39. The molecule has 1 atom stereocenters. The Morgan fingerprint density at radius 1 is 1.70 bits per heavy atom. The van der Waals surface area contributed by atoms with Crippen molar-refractivity contribution in [2.75, 3.05) is 0 Å². The van der Waals surface area contributed by atoms with Crippen LogP contribution in [0.5, 0.6) is 0 Å². The molecule has 0 aromatic carbocycles. The maximum absolute atomic E-state index is 12.9.